The molecule has 5 nitrogen and oxygen atoms in total. The lowest BCUT2D eigenvalue weighted by Gasteiger charge is -2.22. The minimum atomic E-state index is -4.00. The normalized spacial score (nSPS) is 20.9. The second kappa shape index (κ2) is 6.37. The largest absolute Gasteiger partial charge is 0.445 e. The van der Waals surface area contributed by atoms with Gasteiger partial charge >= 0.3 is 6.09 Å². The van der Waals surface area contributed by atoms with E-state index in [1.165, 1.54) is 0 Å². The zero-order valence-electron chi connectivity index (χ0n) is 11.4. The van der Waals surface area contributed by atoms with Crippen LogP contribution >= 0.6 is 10.7 Å². The number of hydrogen-bond donors (Lipinski definition) is 0. The summed E-state index contributed by atoms with van der Waals surface area (Å²) >= 11 is 0. The third-order valence-corrected chi connectivity index (χ3v) is 4.37. The molecule has 0 N–H and O–H groups in total. The molecule has 9 heteroatoms. The van der Waals surface area contributed by atoms with Gasteiger partial charge in [-0.25, -0.2) is 22.0 Å². The molecule has 1 aliphatic rings. The highest BCUT2D eigenvalue weighted by molar-refractivity contribution is 8.13. The zero-order chi connectivity index (χ0) is 16.4. The van der Waals surface area contributed by atoms with Crippen molar-refractivity contribution in [2.24, 2.45) is 0 Å². The van der Waals surface area contributed by atoms with Gasteiger partial charge in [-0.15, -0.1) is 0 Å². The van der Waals surface area contributed by atoms with Gasteiger partial charge in [-0.1, -0.05) is 30.3 Å². The number of carbonyl (C=O) groups excluding carboxylic acids is 1. The van der Waals surface area contributed by atoms with Crippen molar-refractivity contribution in [2.75, 3.05) is 12.3 Å². The van der Waals surface area contributed by atoms with Gasteiger partial charge in [0.15, 0.2) is 0 Å². The van der Waals surface area contributed by atoms with Crippen molar-refractivity contribution in [1.29, 1.82) is 0 Å². The first-order chi connectivity index (χ1) is 10.2. The van der Waals surface area contributed by atoms with Crippen molar-refractivity contribution < 1.29 is 26.7 Å². The zero-order valence-corrected chi connectivity index (χ0v) is 13.0. The van der Waals surface area contributed by atoms with Gasteiger partial charge in [0.25, 0.3) is 5.92 Å². The maximum atomic E-state index is 13.5. The first-order valence-electron chi connectivity index (χ1n) is 6.44. The molecule has 1 saturated heterocycles. The Bertz CT molecular complexity index is 639. The van der Waals surface area contributed by atoms with Crippen LogP contribution < -0.4 is 0 Å². The van der Waals surface area contributed by atoms with E-state index in [1.54, 1.807) is 30.3 Å². The van der Waals surface area contributed by atoms with Crippen molar-refractivity contribution >= 4 is 25.8 Å². The molecule has 0 saturated carbocycles. The number of likely N-dealkylation sites (tertiary alicyclic amines) is 1. The number of alkyl halides is 2. The fourth-order valence-electron chi connectivity index (χ4n) is 2.29. The highest BCUT2D eigenvalue weighted by atomic mass is 35.7. The highest BCUT2D eigenvalue weighted by Gasteiger charge is 2.48. The van der Waals surface area contributed by atoms with E-state index in [1.807, 2.05) is 0 Å². The third kappa shape index (κ3) is 4.81. The predicted octanol–water partition coefficient (Wildman–Crippen LogP) is 2.60. The Morgan fingerprint density at radius 1 is 1.36 bits per heavy atom. The Morgan fingerprint density at radius 3 is 2.59 bits per heavy atom. The van der Waals surface area contributed by atoms with Gasteiger partial charge in [-0.05, 0) is 5.56 Å². The van der Waals surface area contributed by atoms with Gasteiger partial charge in [-0.2, -0.15) is 0 Å². The molecule has 1 heterocycles. The van der Waals surface area contributed by atoms with Crippen LogP contribution in [-0.4, -0.2) is 43.7 Å². The molecule has 1 aliphatic heterocycles. The summed E-state index contributed by atoms with van der Waals surface area (Å²) in [7, 11) is 1.10. The van der Waals surface area contributed by atoms with E-state index < -0.39 is 45.8 Å². The minimum Gasteiger partial charge on any atom is -0.445 e. The maximum absolute atomic E-state index is 13.5. The van der Waals surface area contributed by atoms with Gasteiger partial charge < -0.3 is 4.74 Å². The number of rotatable bonds is 4. The summed E-state index contributed by atoms with van der Waals surface area (Å²) in [6.45, 7) is -0.959. The van der Waals surface area contributed by atoms with E-state index in [0.717, 1.165) is 4.90 Å². The number of halogens is 3. The predicted molar refractivity (Wildman–Crippen MR) is 76.3 cm³/mol. The third-order valence-electron chi connectivity index (χ3n) is 3.21. The molecule has 0 spiro atoms. The van der Waals surface area contributed by atoms with Crippen LogP contribution in [0.5, 0.6) is 0 Å². The number of carbonyl (C=O) groups is 1. The Morgan fingerprint density at radius 2 is 2.00 bits per heavy atom. The van der Waals surface area contributed by atoms with Crippen molar-refractivity contribution in [2.45, 2.75) is 25.0 Å². The van der Waals surface area contributed by atoms with E-state index in [0.29, 0.717) is 5.56 Å². The van der Waals surface area contributed by atoms with Crippen molar-refractivity contribution in [1.82, 2.24) is 4.90 Å². The van der Waals surface area contributed by atoms with Crippen molar-refractivity contribution in [3.8, 4) is 0 Å². The van der Waals surface area contributed by atoms with Gasteiger partial charge in [-0.3, -0.25) is 4.90 Å². The molecule has 22 heavy (non-hydrogen) atoms. The summed E-state index contributed by atoms with van der Waals surface area (Å²) in [4.78, 5) is 12.7. The molecule has 0 aromatic heterocycles. The van der Waals surface area contributed by atoms with E-state index in [4.69, 9.17) is 15.4 Å². The van der Waals surface area contributed by atoms with E-state index >= 15 is 0 Å². The van der Waals surface area contributed by atoms with Crippen molar-refractivity contribution in [3.05, 3.63) is 35.9 Å². The summed E-state index contributed by atoms with van der Waals surface area (Å²) in [6.07, 6.45) is -1.73. The van der Waals surface area contributed by atoms with Crippen LogP contribution in [0.1, 0.15) is 12.0 Å². The maximum Gasteiger partial charge on any atom is 0.410 e. The van der Waals surface area contributed by atoms with E-state index in [2.05, 4.69) is 0 Å². The van der Waals surface area contributed by atoms with E-state index in [-0.39, 0.29) is 6.61 Å². The Labute approximate surface area is 131 Å². The molecule has 1 amide bonds. The molecule has 1 aromatic rings. The smallest absolute Gasteiger partial charge is 0.410 e. The lowest BCUT2D eigenvalue weighted by Crippen LogP contribution is -2.39. The van der Waals surface area contributed by atoms with Crippen LogP contribution in [0.15, 0.2) is 30.3 Å². The first-order valence-corrected chi connectivity index (χ1v) is 8.92. The molecule has 1 aromatic carbocycles. The second-order valence-electron chi connectivity index (χ2n) is 5.09. The average molecular weight is 354 g/mol. The number of amides is 1. The van der Waals surface area contributed by atoms with Crippen LogP contribution in [0.3, 0.4) is 0 Å². The molecular weight excluding hydrogens is 340 g/mol. The quantitative estimate of drug-likeness (QED) is 0.780. The summed E-state index contributed by atoms with van der Waals surface area (Å²) < 4.78 is 54.1. The van der Waals surface area contributed by atoms with Crippen LogP contribution in [-0.2, 0) is 20.4 Å². The number of benzene rings is 1. The molecule has 1 atom stereocenters. The first kappa shape index (κ1) is 17.0. The summed E-state index contributed by atoms with van der Waals surface area (Å²) in [5.74, 6) is -3.89. The molecule has 1 unspecified atom stereocenters. The number of hydrogen-bond acceptors (Lipinski definition) is 4. The Kier molecular flexibility index (Phi) is 4.91. The molecule has 1 fully saturated rings. The number of ether oxygens (including phenoxy) is 1. The SMILES string of the molecule is O=C(OCc1ccccc1)N1CC(F)(F)CC1CS(=O)(=O)Cl. The second-order valence-corrected chi connectivity index (χ2v) is 7.91. The standard InChI is InChI=1S/C13H14ClF2NO4S/c14-22(19,20)8-11-6-13(15,16)9-17(11)12(18)21-7-10-4-2-1-3-5-10/h1-5,11H,6-9H2. The number of nitrogens with zero attached hydrogens (tertiary/aromatic N) is 1. The molecule has 0 radical (unpaired) electrons. The molecule has 122 valence electrons. The highest BCUT2D eigenvalue weighted by Crippen LogP contribution is 2.33. The molecule has 0 bridgehead atoms. The molecule has 0 aliphatic carbocycles. The van der Waals surface area contributed by atoms with Crippen LogP contribution in [0.2, 0.25) is 0 Å². The van der Waals surface area contributed by atoms with Crippen LogP contribution in [0.4, 0.5) is 13.6 Å². The van der Waals surface area contributed by atoms with E-state index in [9.17, 15) is 22.0 Å². The summed E-state index contributed by atoms with van der Waals surface area (Å²) in [5.41, 5.74) is 0.698. The lowest BCUT2D eigenvalue weighted by molar-refractivity contribution is 0.0101. The van der Waals surface area contributed by atoms with Gasteiger partial charge in [0.05, 0.1) is 18.3 Å². The van der Waals surface area contributed by atoms with Gasteiger partial charge in [0, 0.05) is 17.1 Å². The Hall–Kier alpha value is -1.41. The fourth-order valence-corrected chi connectivity index (χ4v) is 3.49. The van der Waals surface area contributed by atoms with Crippen LogP contribution in [0.25, 0.3) is 0 Å². The summed E-state index contributed by atoms with van der Waals surface area (Å²) in [6, 6.07) is 7.51. The topological polar surface area (TPSA) is 63.7 Å². The lowest BCUT2D eigenvalue weighted by atomic mass is 10.2. The monoisotopic (exact) mass is 353 g/mol. The summed E-state index contributed by atoms with van der Waals surface area (Å²) in [5, 5.41) is 0. The molecular formula is C13H14ClF2NO4S. The van der Waals surface area contributed by atoms with Gasteiger partial charge in [0.1, 0.15) is 6.61 Å². The minimum absolute atomic E-state index is 0.0813. The Balaban J connectivity index is 2.02. The van der Waals surface area contributed by atoms with Gasteiger partial charge in [0.2, 0.25) is 9.05 Å². The molecule has 2 rings (SSSR count). The average Bonchev–Trinajstić information content (AvgIpc) is 2.70. The fraction of sp³-hybridized carbons (Fsp3) is 0.462. The van der Waals surface area contributed by atoms with Crippen molar-refractivity contribution in [3.63, 3.8) is 0 Å². The van der Waals surface area contributed by atoms with Crippen LogP contribution in [0, 0.1) is 0 Å².